The molecule has 0 spiro atoms. The second kappa shape index (κ2) is 12.2. The Bertz CT molecular complexity index is 1220. The SMILES string of the molecule is CN=C/C(=C\N)c1cccc(-c2ncc(-c3cnn(CC(=O)N4CCOC(CCOC)C4)c3)cn2)c1. The molecule has 3 aromatic rings. The molecular formula is C26H31N7O3. The number of benzene rings is 1. The van der Waals surface area contributed by atoms with Crippen LogP contribution in [-0.4, -0.2) is 83.3 Å². The maximum Gasteiger partial charge on any atom is 0.244 e. The van der Waals surface area contributed by atoms with Crippen molar-refractivity contribution in [1.29, 1.82) is 0 Å². The van der Waals surface area contributed by atoms with Gasteiger partial charge in [0.05, 0.1) is 18.9 Å². The van der Waals surface area contributed by atoms with E-state index < -0.39 is 0 Å². The van der Waals surface area contributed by atoms with E-state index in [2.05, 4.69) is 20.1 Å². The van der Waals surface area contributed by atoms with Gasteiger partial charge in [-0.1, -0.05) is 18.2 Å². The predicted molar refractivity (Wildman–Crippen MR) is 138 cm³/mol. The highest BCUT2D eigenvalue weighted by atomic mass is 16.5. The van der Waals surface area contributed by atoms with Crippen LogP contribution < -0.4 is 5.73 Å². The van der Waals surface area contributed by atoms with Crippen LogP contribution in [0.5, 0.6) is 0 Å². The standard InChI is InChI=1S/C26H31N7O3/c1-28-12-21(11-27)19-4-3-5-20(10-19)26-29-13-22(14-30-26)23-15-31-33(16-23)18-25(34)32-7-9-36-24(17-32)6-8-35-2/h3-5,10-16,24H,6-9,17-18,27H2,1-2H3/b21-11+,28-12?. The number of carbonyl (C=O) groups excluding carboxylic acids is 1. The number of aliphatic imine (C=N–C) groups is 1. The number of hydrogen-bond donors (Lipinski definition) is 1. The molecule has 1 fully saturated rings. The maximum atomic E-state index is 12.8. The van der Waals surface area contributed by atoms with E-state index in [1.165, 1.54) is 6.20 Å². The number of rotatable bonds is 9. The van der Waals surface area contributed by atoms with Gasteiger partial charge in [0, 0.05) is 87.1 Å². The number of methoxy groups -OCH3 is 1. The van der Waals surface area contributed by atoms with E-state index >= 15 is 0 Å². The third kappa shape index (κ3) is 6.21. The van der Waals surface area contributed by atoms with Gasteiger partial charge >= 0.3 is 0 Å². The number of amides is 1. The predicted octanol–water partition coefficient (Wildman–Crippen LogP) is 2.27. The second-order valence-electron chi connectivity index (χ2n) is 8.43. The van der Waals surface area contributed by atoms with Crippen molar-refractivity contribution in [2.24, 2.45) is 10.7 Å². The van der Waals surface area contributed by atoms with Gasteiger partial charge in [0.25, 0.3) is 0 Å². The minimum absolute atomic E-state index is 0.00452. The fourth-order valence-corrected chi connectivity index (χ4v) is 4.02. The van der Waals surface area contributed by atoms with Gasteiger partial charge < -0.3 is 20.1 Å². The van der Waals surface area contributed by atoms with Gasteiger partial charge in [-0.2, -0.15) is 5.10 Å². The summed E-state index contributed by atoms with van der Waals surface area (Å²) in [5.74, 6) is 0.615. The van der Waals surface area contributed by atoms with Crippen LogP contribution >= 0.6 is 0 Å². The van der Waals surface area contributed by atoms with Gasteiger partial charge in [-0.3, -0.25) is 14.5 Å². The lowest BCUT2D eigenvalue weighted by molar-refractivity contribution is -0.140. The molecule has 2 aromatic heterocycles. The minimum Gasteiger partial charge on any atom is -0.404 e. The number of morpholine rings is 1. The monoisotopic (exact) mass is 489 g/mol. The van der Waals surface area contributed by atoms with E-state index in [0.29, 0.717) is 32.1 Å². The van der Waals surface area contributed by atoms with Crippen molar-refractivity contribution in [3.05, 3.63) is 60.8 Å². The van der Waals surface area contributed by atoms with Crippen LogP contribution in [0.4, 0.5) is 0 Å². The number of hydrogen-bond acceptors (Lipinski definition) is 8. The van der Waals surface area contributed by atoms with E-state index in [1.54, 1.807) is 43.6 Å². The number of allylic oxidation sites excluding steroid dienone is 1. The number of ether oxygens (including phenoxy) is 2. The summed E-state index contributed by atoms with van der Waals surface area (Å²) in [4.78, 5) is 27.8. The topological polar surface area (TPSA) is 121 Å². The largest absolute Gasteiger partial charge is 0.404 e. The molecule has 1 aliphatic rings. The Balaban J connectivity index is 1.41. The van der Waals surface area contributed by atoms with Crippen molar-refractivity contribution in [2.75, 3.05) is 40.5 Å². The molecule has 1 unspecified atom stereocenters. The summed E-state index contributed by atoms with van der Waals surface area (Å²) >= 11 is 0. The summed E-state index contributed by atoms with van der Waals surface area (Å²) in [6.07, 6.45) is 11.1. The number of carbonyl (C=O) groups is 1. The van der Waals surface area contributed by atoms with Crippen LogP contribution in [-0.2, 0) is 20.8 Å². The van der Waals surface area contributed by atoms with Gasteiger partial charge in [0.15, 0.2) is 5.82 Å². The fourth-order valence-electron chi connectivity index (χ4n) is 4.02. The van der Waals surface area contributed by atoms with Crippen LogP contribution in [0.1, 0.15) is 12.0 Å². The molecule has 2 N–H and O–H groups in total. The summed E-state index contributed by atoms with van der Waals surface area (Å²) in [5, 5.41) is 4.37. The molecular weight excluding hydrogens is 458 g/mol. The highest BCUT2D eigenvalue weighted by molar-refractivity contribution is 6.09. The first-order chi connectivity index (χ1) is 17.6. The van der Waals surface area contributed by atoms with Crippen LogP contribution in [0.2, 0.25) is 0 Å². The molecule has 10 heteroatoms. The van der Waals surface area contributed by atoms with Crippen LogP contribution in [0.3, 0.4) is 0 Å². The van der Waals surface area contributed by atoms with Crippen molar-refractivity contribution >= 4 is 17.7 Å². The number of nitrogens with two attached hydrogens (primary N) is 1. The van der Waals surface area contributed by atoms with Gasteiger partial charge in [-0.05, 0) is 18.1 Å². The molecule has 1 amide bonds. The Morgan fingerprint density at radius 1 is 1.25 bits per heavy atom. The molecule has 36 heavy (non-hydrogen) atoms. The third-order valence-corrected chi connectivity index (χ3v) is 5.95. The molecule has 1 aromatic carbocycles. The van der Waals surface area contributed by atoms with Gasteiger partial charge in [-0.15, -0.1) is 0 Å². The third-order valence-electron chi connectivity index (χ3n) is 5.95. The van der Waals surface area contributed by atoms with E-state index in [4.69, 9.17) is 15.2 Å². The Morgan fingerprint density at radius 3 is 2.83 bits per heavy atom. The van der Waals surface area contributed by atoms with Crippen molar-refractivity contribution in [1.82, 2.24) is 24.6 Å². The van der Waals surface area contributed by atoms with Crippen molar-refractivity contribution < 1.29 is 14.3 Å². The molecule has 10 nitrogen and oxygen atoms in total. The minimum atomic E-state index is 0.00452. The zero-order valence-corrected chi connectivity index (χ0v) is 20.6. The summed E-state index contributed by atoms with van der Waals surface area (Å²) in [6, 6.07) is 7.82. The van der Waals surface area contributed by atoms with Gasteiger partial charge in [0.1, 0.15) is 6.54 Å². The second-order valence-corrected chi connectivity index (χ2v) is 8.43. The molecule has 1 aliphatic heterocycles. The number of nitrogens with zero attached hydrogens (tertiary/aromatic N) is 6. The summed E-state index contributed by atoms with van der Waals surface area (Å²) in [5.41, 5.74) is 10.0. The average Bonchev–Trinajstić information content (AvgIpc) is 3.39. The first-order valence-electron chi connectivity index (χ1n) is 11.8. The van der Waals surface area contributed by atoms with Crippen molar-refractivity contribution in [3.8, 4) is 22.5 Å². The van der Waals surface area contributed by atoms with E-state index in [0.717, 1.165) is 34.2 Å². The molecule has 0 bridgehead atoms. The normalized spacial score (nSPS) is 16.6. The Kier molecular flexibility index (Phi) is 8.53. The molecule has 0 radical (unpaired) electrons. The fraction of sp³-hybridized carbons (Fsp3) is 0.346. The molecule has 0 saturated carbocycles. The van der Waals surface area contributed by atoms with Crippen molar-refractivity contribution in [2.45, 2.75) is 19.1 Å². The zero-order chi connectivity index (χ0) is 25.3. The lowest BCUT2D eigenvalue weighted by Crippen LogP contribution is -2.47. The van der Waals surface area contributed by atoms with Crippen LogP contribution in [0.25, 0.3) is 28.1 Å². The van der Waals surface area contributed by atoms with E-state index in [9.17, 15) is 4.79 Å². The van der Waals surface area contributed by atoms with Crippen LogP contribution in [0.15, 0.2) is 60.2 Å². The van der Waals surface area contributed by atoms with Crippen molar-refractivity contribution in [3.63, 3.8) is 0 Å². The Hall–Kier alpha value is -3.89. The van der Waals surface area contributed by atoms with E-state index in [-0.39, 0.29) is 18.6 Å². The maximum absolute atomic E-state index is 12.8. The first kappa shape index (κ1) is 25.2. The lowest BCUT2D eigenvalue weighted by Gasteiger charge is -2.33. The van der Waals surface area contributed by atoms with Gasteiger partial charge in [-0.25, -0.2) is 9.97 Å². The Labute approximate surface area is 210 Å². The van der Waals surface area contributed by atoms with E-state index in [1.807, 2.05) is 35.4 Å². The highest BCUT2D eigenvalue weighted by Crippen LogP contribution is 2.23. The average molecular weight is 490 g/mol. The quantitative estimate of drug-likeness (QED) is 0.458. The molecule has 3 heterocycles. The first-order valence-corrected chi connectivity index (χ1v) is 11.8. The zero-order valence-electron chi connectivity index (χ0n) is 20.6. The molecule has 0 aliphatic carbocycles. The number of aromatic nitrogens is 4. The summed E-state index contributed by atoms with van der Waals surface area (Å²) in [6.45, 7) is 2.47. The molecule has 4 rings (SSSR count). The summed E-state index contributed by atoms with van der Waals surface area (Å²) < 4.78 is 12.5. The Morgan fingerprint density at radius 2 is 2.08 bits per heavy atom. The molecule has 1 saturated heterocycles. The lowest BCUT2D eigenvalue weighted by atomic mass is 10.0. The highest BCUT2D eigenvalue weighted by Gasteiger charge is 2.24. The van der Waals surface area contributed by atoms with Crippen LogP contribution in [0, 0.1) is 0 Å². The molecule has 188 valence electrons. The summed E-state index contributed by atoms with van der Waals surface area (Å²) in [7, 11) is 3.37. The molecule has 1 atom stereocenters. The van der Waals surface area contributed by atoms with Gasteiger partial charge in [0.2, 0.25) is 5.91 Å². The smallest absolute Gasteiger partial charge is 0.244 e.